The van der Waals surface area contributed by atoms with Crippen LogP contribution in [-0.2, 0) is 16.1 Å². The Hall–Kier alpha value is -3.17. The topological polar surface area (TPSA) is 69.9 Å². The Morgan fingerprint density at radius 1 is 1.07 bits per heavy atom. The van der Waals surface area contributed by atoms with Crippen LogP contribution in [0.25, 0.3) is 6.08 Å². The zero-order valence-electron chi connectivity index (χ0n) is 21.5. The number of allylic oxidation sites excluding steroid dienone is 1. The number of nitrogens with zero attached hydrogens (tertiary/aromatic N) is 2. The van der Waals surface area contributed by atoms with E-state index in [2.05, 4.69) is 20.9 Å². The van der Waals surface area contributed by atoms with Gasteiger partial charge in [-0.1, -0.05) is 64.9 Å². The zero-order valence-corrected chi connectivity index (χ0v) is 25.4. The second-order valence-corrected chi connectivity index (χ2v) is 11.7. The maximum Gasteiger partial charge on any atom is 0.338 e. The number of fused-ring (bicyclic) bond motifs is 1. The number of benzene rings is 3. The maximum atomic E-state index is 13.8. The van der Waals surface area contributed by atoms with E-state index >= 15 is 0 Å². The van der Waals surface area contributed by atoms with Crippen LogP contribution in [-0.4, -0.2) is 17.1 Å². The lowest BCUT2D eigenvalue weighted by atomic mass is 9.96. The molecule has 10 heteroatoms. The molecule has 0 aliphatic carbocycles. The van der Waals surface area contributed by atoms with Gasteiger partial charge in [0.05, 0.1) is 32.9 Å². The highest BCUT2D eigenvalue weighted by molar-refractivity contribution is 9.10. The van der Waals surface area contributed by atoms with Gasteiger partial charge in [0.15, 0.2) is 4.80 Å². The van der Waals surface area contributed by atoms with Crippen LogP contribution in [0.5, 0.6) is 5.75 Å². The quantitative estimate of drug-likeness (QED) is 0.214. The van der Waals surface area contributed by atoms with E-state index in [4.69, 9.17) is 32.7 Å². The Bertz CT molecular complexity index is 1800. The van der Waals surface area contributed by atoms with Crippen LogP contribution < -0.4 is 19.6 Å². The number of ether oxygens (including phenoxy) is 2. The van der Waals surface area contributed by atoms with Gasteiger partial charge in [0.1, 0.15) is 12.4 Å². The number of esters is 1. The van der Waals surface area contributed by atoms with Gasteiger partial charge in [-0.2, -0.15) is 0 Å². The summed E-state index contributed by atoms with van der Waals surface area (Å²) in [5.41, 5.74) is 3.12. The number of carbonyl (C=O) groups is 1. The van der Waals surface area contributed by atoms with Crippen LogP contribution in [0.4, 0.5) is 0 Å². The van der Waals surface area contributed by atoms with Crippen LogP contribution >= 0.6 is 50.5 Å². The maximum absolute atomic E-state index is 13.8. The molecule has 0 radical (unpaired) electrons. The fourth-order valence-electron chi connectivity index (χ4n) is 4.37. The normalized spacial score (nSPS) is 15.0. The van der Waals surface area contributed by atoms with E-state index in [0.29, 0.717) is 43.0 Å². The third-order valence-electron chi connectivity index (χ3n) is 6.26. The molecule has 6 nitrogen and oxygen atoms in total. The first kappa shape index (κ1) is 28.4. The summed E-state index contributed by atoms with van der Waals surface area (Å²) in [5.74, 6) is 0.169. The molecular weight excluding hydrogens is 635 g/mol. The Labute approximate surface area is 252 Å². The van der Waals surface area contributed by atoms with E-state index in [1.807, 2.05) is 54.6 Å². The standard InChI is InChI=1S/C30H23BrCl2N2O4S/c1-3-38-29(37)26-17(2)34-30-35(27(26)20-7-11-22(33)12-8-20)28(36)25(40-30)15-19-6-13-24(23(31)14-19)39-16-18-4-9-21(32)10-5-18/h4-15,27H,3,16H2,1-2H3/b25-15-/t27-/m0/s1. The van der Waals surface area contributed by atoms with Gasteiger partial charge >= 0.3 is 5.97 Å². The van der Waals surface area contributed by atoms with Crippen molar-refractivity contribution >= 4 is 62.5 Å². The smallest absolute Gasteiger partial charge is 0.338 e. The summed E-state index contributed by atoms with van der Waals surface area (Å²) in [4.78, 5) is 31.9. The molecule has 1 aliphatic rings. The van der Waals surface area contributed by atoms with Crippen molar-refractivity contribution in [3.63, 3.8) is 0 Å². The summed E-state index contributed by atoms with van der Waals surface area (Å²) >= 11 is 16.9. The summed E-state index contributed by atoms with van der Waals surface area (Å²) < 4.78 is 14.1. The van der Waals surface area contributed by atoms with Gasteiger partial charge < -0.3 is 9.47 Å². The largest absolute Gasteiger partial charge is 0.488 e. The molecule has 0 N–H and O–H groups in total. The number of hydrogen-bond acceptors (Lipinski definition) is 6. The minimum absolute atomic E-state index is 0.210. The molecule has 1 aliphatic heterocycles. The first-order chi connectivity index (χ1) is 19.2. The lowest BCUT2D eigenvalue weighted by Gasteiger charge is -2.24. The van der Waals surface area contributed by atoms with Crippen molar-refractivity contribution in [3.8, 4) is 5.75 Å². The summed E-state index contributed by atoms with van der Waals surface area (Å²) in [6.07, 6.45) is 1.81. The minimum atomic E-state index is -0.690. The van der Waals surface area contributed by atoms with Crippen LogP contribution in [0.15, 0.2) is 92.3 Å². The predicted octanol–water partition coefficient (Wildman–Crippen LogP) is 6.45. The molecule has 0 unspecified atom stereocenters. The molecule has 2 heterocycles. The molecular formula is C30H23BrCl2N2O4S. The Balaban J connectivity index is 1.51. The molecule has 0 spiro atoms. The second kappa shape index (κ2) is 12.1. The number of thiazole rings is 1. The van der Waals surface area contributed by atoms with E-state index in [1.54, 1.807) is 36.6 Å². The molecule has 0 amide bonds. The summed E-state index contributed by atoms with van der Waals surface area (Å²) in [7, 11) is 0. The summed E-state index contributed by atoms with van der Waals surface area (Å²) in [6.45, 7) is 4.10. The fraction of sp³-hybridized carbons (Fsp3) is 0.167. The molecule has 1 aromatic heterocycles. The Morgan fingerprint density at radius 2 is 1.75 bits per heavy atom. The fourth-order valence-corrected chi connectivity index (χ4v) is 6.18. The van der Waals surface area contributed by atoms with E-state index in [9.17, 15) is 9.59 Å². The number of hydrogen-bond donors (Lipinski definition) is 0. The van der Waals surface area contributed by atoms with Crippen molar-refractivity contribution in [2.24, 2.45) is 4.99 Å². The van der Waals surface area contributed by atoms with Gasteiger partial charge in [-0.15, -0.1) is 0 Å². The van der Waals surface area contributed by atoms with E-state index in [0.717, 1.165) is 21.2 Å². The molecule has 0 bridgehead atoms. The van der Waals surface area contributed by atoms with Gasteiger partial charge in [0.2, 0.25) is 0 Å². The van der Waals surface area contributed by atoms with Crippen LogP contribution in [0.3, 0.4) is 0 Å². The Morgan fingerprint density at radius 3 is 2.40 bits per heavy atom. The molecule has 40 heavy (non-hydrogen) atoms. The van der Waals surface area contributed by atoms with Gasteiger partial charge in [-0.05, 0) is 88.9 Å². The van der Waals surface area contributed by atoms with Gasteiger partial charge in [0.25, 0.3) is 5.56 Å². The molecule has 1 atom stereocenters. The molecule has 5 rings (SSSR count). The number of carbonyl (C=O) groups excluding carboxylic acids is 1. The molecule has 4 aromatic rings. The SMILES string of the molecule is CCOC(=O)C1=C(C)N=c2s/c(=C\c3ccc(OCc4ccc(Cl)cc4)c(Br)c3)c(=O)n2[C@H]1c1ccc(Cl)cc1. The van der Waals surface area contributed by atoms with E-state index in [-0.39, 0.29) is 12.2 Å². The van der Waals surface area contributed by atoms with Crippen LogP contribution in [0.2, 0.25) is 10.0 Å². The van der Waals surface area contributed by atoms with Gasteiger partial charge in [0, 0.05) is 10.0 Å². The van der Waals surface area contributed by atoms with E-state index < -0.39 is 12.0 Å². The molecule has 0 saturated carbocycles. The first-order valence-electron chi connectivity index (χ1n) is 12.4. The minimum Gasteiger partial charge on any atom is -0.488 e. The highest BCUT2D eigenvalue weighted by atomic mass is 79.9. The van der Waals surface area contributed by atoms with Crippen molar-refractivity contribution < 1.29 is 14.3 Å². The number of halogens is 3. The van der Waals surface area contributed by atoms with Crippen LogP contribution in [0, 0.1) is 0 Å². The number of aromatic nitrogens is 1. The van der Waals surface area contributed by atoms with Gasteiger partial charge in [-0.25, -0.2) is 9.79 Å². The lowest BCUT2D eigenvalue weighted by molar-refractivity contribution is -0.139. The molecule has 3 aromatic carbocycles. The average Bonchev–Trinajstić information content (AvgIpc) is 3.23. The van der Waals surface area contributed by atoms with Crippen molar-refractivity contribution in [2.75, 3.05) is 6.61 Å². The second-order valence-electron chi connectivity index (χ2n) is 8.96. The highest BCUT2D eigenvalue weighted by Crippen LogP contribution is 2.31. The zero-order chi connectivity index (χ0) is 28.4. The molecule has 204 valence electrons. The van der Waals surface area contributed by atoms with E-state index in [1.165, 1.54) is 11.3 Å². The van der Waals surface area contributed by atoms with Crippen molar-refractivity contribution in [1.82, 2.24) is 4.57 Å². The first-order valence-corrected chi connectivity index (χ1v) is 14.7. The molecule has 0 saturated heterocycles. The monoisotopic (exact) mass is 656 g/mol. The predicted molar refractivity (Wildman–Crippen MR) is 162 cm³/mol. The third-order valence-corrected chi connectivity index (χ3v) is 8.37. The Kier molecular flexibility index (Phi) is 8.61. The summed E-state index contributed by atoms with van der Waals surface area (Å²) in [5, 5.41) is 1.23. The molecule has 0 fully saturated rings. The third kappa shape index (κ3) is 5.95. The number of rotatable bonds is 7. The highest BCUT2D eigenvalue weighted by Gasteiger charge is 2.33. The van der Waals surface area contributed by atoms with Crippen LogP contribution in [0.1, 0.15) is 36.6 Å². The summed E-state index contributed by atoms with van der Waals surface area (Å²) in [6, 6.07) is 19.5. The van der Waals surface area contributed by atoms with Crippen molar-refractivity contribution in [2.45, 2.75) is 26.5 Å². The van der Waals surface area contributed by atoms with Gasteiger partial charge in [-0.3, -0.25) is 9.36 Å². The average molecular weight is 658 g/mol. The van der Waals surface area contributed by atoms with Crippen molar-refractivity contribution in [1.29, 1.82) is 0 Å². The lowest BCUT2D eigenvalue weighted by Crippen LogP contribution is -2.39. The van der Waals surface area contributed by atoms with Crippen molar-refractivity contribution in [3.05, 3.63) is 129 Å².